The van der Waals surface area contributed by atoms with Crippen molar-refractivity contribution in [3.05, 3.63) is 0 Å². The van der Waals surface area contributed by atoms with Crippen molar-refractivity contribution in [1.82, 2.24) is 0 Å². The first kappa shape index (κ1) is 22.2. The molecule has 21 heavy (non-hydrogen) atoms. The van der Waals surface area contributed by atoms with Gasteiger partial charge in [0.2, 0.25) is 0 Å². The van der Waals surface area contributed by atoms with Crippen molar-refractivity contribution in [2.75, 3.05) is 19.8 Å². The molecular weight excluding hydrogens is 284 g/mol. The summed E-state index contributed by atoms with van der Waals surface area (Å²) in [6.45, 7) is -0.651. The third kappa shape index (κ3) is 13.6. The summed E-state index contributed by atoms with van der Waals surface area (Å²) in [6.07, 6.45) is -0.777. The van der Waals surface area contributed by atoms with Crippen LogP contribution in [0.5, 0.6) is 0 Å². The van der Waals surface area contributed by atoms with Crippen molar-refractivity contribution >= 4 is 11.8 Å². The second kappa shape index (κ2) is 13.9. The Morgan fingerprint density at radius 3 is 2.00 bits per heavy atom. The van der Waals surface area contributed by atoms with Gasteiger partial charge in [-0.2, -0.15) is 0 Å². The van der Waals surface area contributed by atoms with Gasteiger partial charge >= 0.3 is 5.97 Å². The number of carbonyl (C=O) groups is 2. The number of nitrogens with two attached hydrogens (primary N) is 2. The van der Waals surface area contributed by atoms with E-state index in [-0.39, 0.29) is 6.42 Å². The quantitative estimate of drug-likeness (QED) is 0.209. The Morgan fingerprint density at radius 1 is 1.05 bits per heavy atom. The minimum absolute atomic E-state index is 0.335. The van der Waals surface area contributed by atoms with Gasteiger partial charge < -0.3 is 37.0 Å². The summed E-state index contributed by atoms with van der Waals surface area (Å²) in [5.41, 5.74) is 10.4. The fraction of sp³-hybridized carbons (Fsp3) is 0.833. The molecule has 0 aromatic heterocycles. The van der Waals surface area contributed by atoms with Crippen LogP contribution in [0.2, 0.25) is 0 Å². The molecule has 0 amide bonds. The maximum Gasteiger partial charge on any atom is 0.320 e. The van der Waals surface area contributed by atoms with Crippen LogP contribution in [0, 0.1) is 0 Å². The number of carbonyl (C=O) groups excluding carboxylic acids is 1. The van der Waals surface area contributed by atoms with Crippen LogP contribution in [-0.4, -0.2) is 75.3 Å². The Hall–Kier alpha value is -1.10. The average Bonchev–Trinajstić information content (AvgIpc) is 2.46. The molecule has 0 saturated carbocycles. The molecular formula is C12H26N2O7. The molecule has 0 aliphatic carbocycles. The van der Waals surface area contributed by atoms with Crippen LogP contribution < -0.4 is 11.5 Å². The average molecular weight is 310 g/mol. The maximum absolute atomic E-state index is 10.4. The lowest BCUT2D eigenvalue weighted by atomic mass is 10.1. The molecule has 3 atom stereocenters. The molecule has 0 bridgehead atoms. The van der Waals surface area contributed by atoms with Crippen molar-refractivity contribution in [1.29, 1.82) is 0 Å². The lowest BCUT2D eigenvalue weighted by Crippen LogP contribution is -2.31. The molecule has 0 heterocycles. The largest absolute Gasteiger partial charge is 0.480 e. The Balaban J connectivity index is 0. The van der Waals surface area contributed by atoms with Gasteiger partial charge in [-0.25, -0.2) is 0 Å². The van der Waals surface area contributed by atoms with Crippen LogP contribution in [0.25, 0.3) is 0 Å². The zero-order chi connectivity index (χ0) is 16.8. The third-order valence-electron chi connectivity index (χ3n) is 2.53. The van der Waals surface area contributed by atoms with Crippen LogP contribution in [0.15, 0.2) is 0 Å². The lowest BCUT2D eigenvalue weighted by Gasteiger charge is -2.13. The van der Waals surface area contributed by atoms with E-state index in [9.17, 15) is 9.59 Å². The Kier molecular flexibility index (Phi) is 14.6. The van der Waals surface area contributed by atoms with Crippen molar-refractivity contribution in [3.63, 3.8) is 0 Å². The predicted molar refractivity (Wildman–Crippen MR) is 74.3 cm³/mol. The van der Waals surface area contributed by atoms with Gasteiger partial charge in [-0.15, -0.1) is 0 Å². The molecule has 3 unspecified atom stereocenters. The highest BCUT2D eigenvalue weighted by Gasteiger charge is 2.17. The maximum atomic E-state index is 10.4. The number of carboxylic acids is 1. The predicted octanol–water partition coefficient (Wildman–Crippen LogP) is -2.82. The smallest absolute Gasteiger partial charge is 0.320 e. The molecule has 9 N–H and O–H groups in total. The van der Waals surface area contributed by atoms with Gasteiger partial charge in [0.05, 0.1) is 12.7 Å². The standard InChI is InChI=1S/C6H14N2O2.C6H12O5/c7-4-2-1-3-5(8)6(9)10;7-2-4(9)1-5(10)6(11)3-8/h5H,1-4,7-8H2,(H,9,10);5-8,10-11H,1-3H2. The fourth-order valence-corrected chi connectivity index (χ4v) is 1.19. The van der Waals surface area contributed by atoms with Crippen molar-refractivity contribution < 1.29 is 35.1 Å². The molecule has 0 aromatic carbocycles. The number of carboxylic acid groups (broad SMARTS) is 1. The van der Waals surface area contributed by atoms with Crippen LogP contribution in [0.1, 0.15) is 25.7 Å². The van der Waals surface area contributed by atoms with E-state index in [2.05, 4.69) is 0 Å². The Bertz CT molecular complexity index is 289. The van der Waals surface area contributed by atoms with Crippen LogP contribution in [0.4, 0.5) is 0 Å². The van der Waals surface area contributed by atoms with Crippen LogP contribution >= 0.6 is 0 Å². The Labute approximate surface area is 123 Å². The molecule has 0 aromatic rings. The zero-order valence-corrected chi connectivity index (χ0v) is 11.9. The molecule has 0 rings (SSSR count). The first-order valence-electron chi connectivity index (χ1n) is 6.58. The summed E-state index contributed by atoms with van der Waals surface area (Å²) in [6, 6.07) is -0.716. The van der Waals surface area contributed by atoms with E-state index >= 15 is 0 Å². The third-order valence-corrected chi connectivity index (χ3v) is 2.53. The number of Topliss-reactive ketones (excluding diaryl/α,β-unsaturated/α-hetero) is 1. The Morgan fingerprint density at radius 2 is 1.62 bits per heavy atom. The monoisotopic (exact) mass is 310 g/mol. The summed E-state index contributed by atoms with van der Waals surface area (Å²) in [7, 11) is 0. The number of ketones is 1. The number of hydrogen-bond acceptors (Lipinski definition) is 8. The van der Waals surface area contributed by atoms with Gasteiger partial charge in [0, 0.05) is 6.42 Å². The fourth-order valence-electron chi connectivity index (χ4n) is 1.19. The topological polar surface area (TPSA) is 187 Å². The minimum atomic E-state index is -1.31. The first-order chi connectivity index (χ1) is 9.79. The van der Waals surface area contributed by atoms with Gasteiger partial charge in [0.25, 0.3) is 0 Å². The van der Waals surface area contributed by atoms with Crippen LogP contribution in [0.3, 0.4) is 0 Å². The summed E-state index contributed by atoms with van der Waals surface area (Å²) in [5, 5.41) is 42.5. The molecule has 0 spiro atoms. The normalized spacial score (nSPS) is 14.6. The number of hydrogen-bond donors (Lipinski definition) is 7. The number of unbranched alkanes of at least 4 members (excludes halogenated alkanes) is 1. The highest BCUT2D eigenvalue weighted by molar-refractivity contribution is 5.79. The van der Waals surface area contributed by atoms with Gasteiger partial charge in [0.1, 0.15) is 18.8 Å². The second-order valence-electron chi connectivity index (χ2n) is 4.45. The lowest BCUT2D eigenvalue weighted by molar-refractivity contribution is -0.138. The number of aliphatic hydroxyl groups is 4. The highest BCUT2D eigenvalue weighted by atomic mass is 16.4. The number of rotatable bonds is 10. The van der Waals surface area contributed by atoms with E-state index in [1.807, 2.05) is 0 Å². The van der Waals surface area contributed by atoms with E-state index in [4.69, 9.17) is 37.0 Å². The summed E-state index contributed by atoms with van der Waals surface area (Å²) in [4.78, 5) is 20.6. The van der Waals surface area contributed by atoms with Gasteiger partial charge in [-0.1, -0.05) is 6.42 Å². The van der Waals surface area contributed by atoms with E-state index in [1.54, 1.807) is 0 Å². The molecule has 126 valence electrons. The molecule has 0 aliphatic heterocycles. The summed E-state index contributed by atoms with van der Waals surface area (Å²) >= 11 is 0. The molecule has 0 radical (unpaired) electrons. The van der Waals surface area contributed by atoms with E-state index < -0.39 is 43.2 Å². The molecule has 0 aliphatic rings. The van der Waals surface area contributed by atoms with Gasteiger partial charge in [0.15, 0.2) is 5.78 Å². The van der Waals surface area contributed by atoms with E-state index in [1.165, 1.54) is 0 Å². The van der Waals surface area contributed by atoms with Gasteiger partial charge in [-0.3, -0.25) is 9.59 Å². The second-order valence-corrected chi connectivity index (χ2v) is 4.45. The number of aliphatic hydroxyl groups excluding tert-OH is 4. The first-order valence-corrected chi connectivity index (χ1v) is 6.58. The van der Waals surface area contributed by atoms with E-state index in [0.29, 0.717) is 13.0 Å². The summed E-state index contributed by atoms with van der Waals surface area (Å²) < 4.78 is 0. The molecule has 0 saturated heterocycles. The minimum Gasteiger partial charge on any atom is -0.480 e. The molecule has 9 nitrogen and oxygen atoms in total. The zero-order valence-electron chi connectivity index (χ0n) is 11.9. The highest BCUT2D eigenvalue weighted by Crippen LogP contribution is 1.98. The van der Waals surface area contributed by atoms with Crippen molar-refractivity contribution in [2.45, 2.75) is 43.9 Å². The SMILES string of the molecule is NCCCCC(N)C(=O)O.O=C(CO)CC(O)C(O)CO. The number of aliphatic carboxylic acids is 1. The van der Waals surface area contributed by atoms with Gasteiger partial charge in [-0.05, 0) is 19.4 Å². The van der Waals surface area contributed by atoms with Crippen molar-refractivity contribution in [3.8, 4) is 0 Å². The molecule has 0 fully saturated rings. The van der Waals surface area contributed by atoms with Crippen molar-refractivity contribution in [2.24, 2.45) is 11.5 Å². The molecule has 9 heteroatoms. The van der Waals surface area contributed by atoms with Crippen LogP contribution in [-0.2, 0) is 9.59 Å². The summed E-state index contributed by atoms with van der Waals surface area (Å²) in [5.74, 6) is -1.50. The van der Waals surface area contributed by atoms with E-state index in [0.717, 1.165) is 12.8 Å².